The molecule has 2 N–H and O–H groups in total. The number of methoxy groups -OCH3 is 2. The van der Waals surface area contributed by atoms with Gasteiger partial charge in [-0.05, 0) is 31.5 Å². The fourth-order valence-electron chi connectivity index (χ4n) is 1.85. The van der Waals surface area contributed by atoms with Crippen LogP contribution in [0.25, 0.3) is 0 Å². The lowest BCUT2D eigenvalue weighted by Crippen LogP contribution is -2.32. The summed E-state index contributed by atoms with van der Waals surface area (Å²) in [5.41, 5.74) is 1.05. The monoisotopic (exact) mass is 358 g/mol. The highest BCUT2D eigenvalue weighted by molar-refractivity contribution is 9.10. The second-order valence-corrected chi connectivity index (χ2v) is 5.80. The number of carbonyl (C=O) groups is 1. The van der Waals surface area contributed by atoms with Gasteiger partial charge in [0.25, 0.3) is 0 Å². The van der Waals surface area contributed by atoms with E-state index in [0.29, 0.717) is 31.0 Å². The molecule has 1 aromatic carbocycles. The predicted octanol–water partition coefficient (Wildman–Crippen LogP) is 2.47. The first kappa shape index (κ1) is 17.8. The molecular weight excluding hydrogens is 336 g/mol. The van der Waals surface area contributed by atoms with E-state index in [1.54, 1.807) is 14.2 Å². The maximum absolute atomic E-state index is 11.5. The zero-order valence-corrected chi connectivity index (χ0v) is 14.5. The average molecular weight is 359 g/mol. The summed E-state index contributed by atoms with van der Waals surface area (Å²) in [6.45, 7) is 5.17. The molecule has 1 amide bonds. The quantitative estimate of drug-likeness (QED) is 0.700. The Kier molecular flexibility index (Phi) is 7.53. The van der Waals surface area contributed by atoms with Crippen molar-refractivity contribution in [3.05, 3.63) is 22.2 Å². The smallest absolute Gasteiger partial charge is 0.221 e. The van der Waals surface area contributed by atoms with Gasteiger partial charge < -0.3 is 20.1 Å². The summed E-state index contributed by atoms with van der Waals surface area (Å²) in [7, 11) is 3.22. The maximum atomic E-state index is 11.5. The van der Waals surface area contributed by atoms with Crippen LogP contribution in [0.1, 0.15) is 25.8 Å². The number of ether oxygens (including phenoxy) is 2. The van der Waals surface area contributed by atoms with Gasteiger partial charge in [0.1, 0.15) is 0 Å². The van der Waals surface area contributed by atoms with Crippen LogP contribution in [0, 0.1) is 0 Å². The minimum atomic E-state index is 0.0591. The van der Waals surface area contributed by atoms with E-state index in [9.17, 15) is 4.79 Å². The molecular formula is C15H23BrN2O3. The first-order chi connectivity index (χ1) is 9.97. The topological polar surface area (TPSA) is 59.6 Å². The molecule has 0 fully saturated rings. The van der Waals surface area contributed by atoms with E-state index in [1.807, 2.05) is 26.0 Å². The van der Waals surface area contributed by atoms with Gasteiger partial charge in [-0.25, -0.2) is 0 Å². The third kappa shape index (κ3) is 5.93. The van der Waals surface area contributed by atoms with Gasteiger partial charge in [-0.3, -0.25) is 4.79 Å². The van der Waals surface area contributed by atoms with Crippen LogP contribution < -0.4 is 20.1 Å². The molecule has 6 heteroatoms. The molecule has 21 heavy (non-hydrogen) atoms. The van der Waals surface area contributed by atoms with E-state index in [4.69, 9.17) is 9.47 Å². The summed E-state index contributed by atoms with van der Waals surface area (Å²) in [4.78, 5) is 11.5. The Balaban J connectivity index is 2.50. The largest absolute Gasteiger partial charge is 0.493 e. The molecule has 0 aliphatic carbocycles. The van der Waals surface area contributed by atoms with Crippen LogP contribution in [0.5, 0.6) is 11.5 Å². The lowest BCUT2D eigenvalue weighted by atomic mass is 10.2. The Morgan fingerprint density at radius 3 is 2.43 bits per heavy atom. The number of rotatable bonds is 8. The second kappa shape index (κ2) is 8.89. The van der Waals surface area contributed by atoms with Crippen molar-refractivity contribution in [2.75, 3.05) is 20.8 Å². The Morgan fingerprint density at radius 2 is 1.86 bits per heavy atom. The molecule has 0 atom stereocenters. The van der Waals surface area contributed by atoms with Crippen LogP contribution in [-0.2, 0) is 11.3 Å². The van der Waals surface area contributed by atoms with Gasteiger partial charge in [0.05, 0.1) is 14.2 Å². The molecule has 0 bridgehead atoms. The molecule has 0 aliphatic heterocycles. The van der Waals surface area contributed by atoms with Gasteiger partial charge in [0.15, 0.2) is 11.5 Å². The third-order valence-corrected chi connectivity index (χ3v) is 3.58. The first-order valence-electron chi connectivity index (χ1n) is 6.88. The Hall–Kier alpha value is -1.27. The van der Waals surface area contributed by atoms with E-state index < -0.39 is 0 Å². The summed E-state index contributed by atoms with van der Waals surface area (Å²) in [6.07, 6.45) is 0.461. The normalized spacial score (nSPS) is 10.6. The van der Waals surface area contributed by atoms with E-state index >= 15 is 0 Å². The van der Waals surface area contributed by atoms with Crippen molar-refractivity contribution >= 4 is 21.8 Å². The average Bonchev–Trinajstić information content (AvgIpc) is 2.43. The van der Waals surface area contributed by atoms with Crippen molar-refractivity contribution in [1.82, 2.24) is 10.6 Å². The van der Waals surface area contributed by atoms with Gasteiger partial charge >= 0.3 is 0 Å². The highest BCUT2D eigenvalue weighted by Gasteiger charge is 2.09. The van der Waals surface area contributed by atoms with Crippen molar-refractivity contribution in [1.29, 1.82) is 0 Å². The molecule has 0 aromatic heterocycles. The number of amides is 1. The first-order valence-corrected chi connectivity index (χ1v) is 7.67. The van der Waals surface area contributed by atoms with Gasteiger partial charge in [0.2, 0.25) is 5.91 Å². The van der Waals surface area contributed by atoms with E-state index in [2.05, 4.69) is 26.6 Å². The summed E-state index contributed by atoms with van der Waals surface area (Å²) < 4.78 is 11.5. The standard InChI is InChI=1S/C15H23BrN2O3/c1-10(2)18-15(19)5-6-17-9-11-7-13(20-3)14(21-4)8-12(11)16/h7-8,10,17H,5-6,9H2,1-4H3,(H,18,19). The number of halogens is 1. The number of hydrogen-bond acceptors (Lipinski definition) is 4. The lowest BCUT2D eigenvalue weighted by Gasteiger charge is -2.13. The molecule has 0 saturated carbocycles. The van der Waals surface area contributed by atoms with Crippen LogP contribution in [0.4, 0.5) is 0 Å². The van der Waals surface area contributed by atoms with Gasteiger partial charge in [-0.1, -0.05) is 15.9 Å². The van der Waals surface area contributed by atoms with Crippen LogP contribution in [0.3, 0.4) is 0 Å². The Bertz CT molecular complexity index is 478. The molecule has 0 aliphatic rings. The molecule has 5 nitrogen and oxygen atoms in total. The third-order valence-electron chi connectivity index (χ3n) is 2.85. The van der Waals surface area contributed by atoms with E-state index in [0.717, 1.165) is 10.0 Å². The fraction of sp³-hybridized carbons (Fsp3) is 0.533. The Morgan fingerprint density at radius 1 is 1.24 bits per heavy atom. The molecule has 1 rings (SSSR count). The Labute approximate surface area is 134 Å². The summed E-state index contributed by atoms with van der Waals surface area (Å²) in [5.74, 6) is 1.43. The van der Waals surface area contributed by atoms with Gasteiger partial charge in [0, 0.05) is 30.0 Å². The van der Waals surface area contributed by atoms with Gasteiger partial charge in [-0.15, -0.1) is 0 Å². The minimum absolute atomic E-state index is 0.0591. The van der Waals surface area contributed by atoms with Crippen LogP contribution >= 0.6 is 15.9 Å². The number of carbonyl (C=O) groups excluding carboxylic acids is 1. The summed E-state index contributed by atoms with van der Waals surface area (Å²) >= 11 is 3.51. The lowest BCUT2D eigenvalue weighted by molar-refractivity contribution is -0.121. The molecule has 0 saturated heterocycles. The van der Waals surface area contributed by atoms with Crippen LogP contribution in [0.15, 0.2) is 16.6 Å². The minimum Gasteiger partial charge on any atom is -0.493 e. The molecule has 0 radical (unpaired) electrons. The summed E-state index contributed by atoms with van der Waals surface area (Å²) in [5, 5.41) is 6.11. The van der Waals surface area contributed by atoms with Gasteiger partial charge in [-0.2, -0.15) is 0 Å². The molecule has 0 unspecified atom stereocenters. The molecule has 1 aromatic rings. The number of nitrogens with one attached hydrogen (secondary N) is 2. The van der Waals surface area contributed by atoms with E-state index in [-0.39, 0.29) is 11.9 Å². The second-order valence-electron chi connectivity index (χ2n) is 4.95. The zero-order valence-electron chi connectivity index (χ0n) is 13.0. The molecule has 0 spiro atoms. The number of benzene rings is 1. The van der Waals surface area contributed by atoms with Crippen LogP contribution in [0.2, 0.25) is 0 Å². The highest BCUT2D eigenvalue weighted by atomic mass is 79.9. The zero-order chi connectivity index (χ0) is 15.8. The van der Waals surface area contributed by atoms with Crippen molar-refractivity contribution in [3.63, 3.8) is 0 Å². The predicted molar refractivity (Wildman–Crippen MR) is 86.8 cm³/mol. The highest BCUT2D eigenvalue weighted by Crippen LogP contribution is 2.33. The molecule has 0 heterocycles. The van der Waals surface area contributed by atoms with Crippen molar-refractivity contribution in [3.8, 4) is 11.5 Å². The van der Waals surface area contributed by atoms with E-state index in [1.165, 1.54) is 0 Å². The summed E-state index contributed by atoms with van der Waals surface area (Å²) in [6, 6.07) is 3.98. The van der Waals surface area contributed by atoms with Crippen LogP contribution in [-0.4, -0.2) is 32.7 Å². The SMILES string of the molecule is COc1cc(Br)c(CNCCC(=O)NC(C)C)cc1OC. The maximum Gasteiger partial charge on any atom is 0.221 e. The van der Waals surface area contributed by atoms with Crippen molar-refractivity contribution in [2.24, 2.45) is 0 Å². The molecule has 118 valence electrons. The van der Waals surface area contributed by atoms with Crippen molar-refractivity contribution < 1.29 is 14.3 Å². The van der Waals surface area contributed by atoms with Crippen molar-refractivity contribution in [2.45, 2.75) is 32.9 Å². The number of hydrogen-bond donors (Lipinski definition) is 2. The fourth-order valence-corrected chi connectivity index (χ4v) is 2.31.